The molecular formula is C21H30N10O15P3S3+. The SMILES string of the molecule is Cn1c[n+]([C@@H]2O[C@H](CSP(=O)(O)OP(O)(=S)OP(=O)(O)SC[C@H]3O[C@@H](n4cnc5c(=O)[nH]c(N)nc54)C(O)[C@H]3O)C(O)[C@@H]2O)c2nc(N)[nH]c(=O)c21. The summed E-state index contributed by atoms with van der Waals surface area (Å²) in [7, 11) is 1.51. The zero-order chi connectivity index (χ0) is 38.1. The van der Waals surface area contributed by atoms with Crippen LogP contribution in [0.1, 0.15) is 12.5 Å². The number of aliphatic hydroxyl groups excluding tert-OH is 4. The predicted molar refractivity (Wildman–Crippen MR) is 184 cm³/mol. The van der Waals surface area contributed by atoms with Crippen LogP contribution in [0.3, 0.4) is 0 Å². The van der Waals surface area contributed by atoms with Crippen molar-refractivity contribution in [2.45, 2.75) is 49.1 Å². The van der Waals surface area contributed by atoms with Crippen LogP contribution < -0.4 is 27.2 Å². The monoisotopic (exact) mass is 851 g/mol. The molecule has 0 amide bonds. The highest BCUT2D eigenvalue weighted by molar-refractivity contribution is 8.56. The third-order valence-corrected chi connectivity index (χ3v) is 17.8. The Hall–Kier alpha value is -2.33. The summed E-state index contributed by atoms with van der Waals surface area (Å²) in [4.78, 5) is 72.1. The van der Waals surface area contributed by atoms with Gasteiger partial charge in [-0.1, -0.05) is 4.98 Å². The zero-order valence-electron chi connectivity index (χ0n) is 26.0. The predicted octanol–water partition coefficient (Wildman–Crippen LogP) is -3.00. The van der Waals surface area contributed by atoms with Gasteiger partial charge in [0.2, 0.25) is 17.7 Å². The third kappa shape index (κ3) is 7.90. The van der Waals surface area contributed by atoms with Gasteiger partial charge < -0.3 is 56.0 Å². The first-order chi connectivity index (χ1) is 24.2. The summed E-state index contributed by atoms with van der Waals surface area (Å²) in [5, 5.41) is 42.5. The minimum absolute atomic E-state index is 0.00594. The molecule has 25 nitrogen and oxygen atoms in total. The largest absolute Gasteiger partial charge is 0.393 e. The van der Waals surface area contributed by atoms with Crippen molar-refractivity contribution in [3.63, 3.8) is 0 Å². The second-order valence-corrected chi connectivity index (χ2v) is 22.3. The van der Waals surface area contributed by atoms with Crippen LogP contribution in [0.15, 0.2) is 22.2 Å². The van der Waals surface area contributed by atoms with Crippen LogP contribution in [-0.4, -0.2) is 117 Å². The van der Waals surface area contributed by atoms with Crippen molar-refractivity contribution in [3.05, 3.63) is 33.4 Å². The van der Waals surface area contributed by atoms with Crippen LogP contribution in [0.2, 0.25) is 0 Å². The van der Waals surface area contributed by atoms with Crippen LogP contribution in [0.25, 0.3) is 22.3 Å². The van der Waals surface area contributed by atoms with E-state index in [-0.39, 0.29) is 57.0 Å². The number of aromatic amines is 2. The summed E-state index contributed by atoms with van der Waals surface area (Å²) in [6, 6.07) is 0. The molecule has 4 aromatic heterocycles. The Bertz CT molecular complexity index is 2290. The van der Waals surface area contributed by atoms with Gasteiger partial charge >= 0.3 is 26.0 Å². The first-order valence-electron chi connectivity index (χ1n) is 14.4. The molecule has 2 fully saturated rings. The molecule has 4 aromatic rings. The fourth-order valence-corrected chi connectivity index (χ4v) is 16.4. The normalized spacial score (nSPS) is 30.1. The highest BCUT2D eigenvalue weighted by Gasteiger charge is 2.49. The first kappa shape index (κ1) is 39.4. The van der Waals surface area contributed by atoms with E-state index in [0.717, 1.165) is 10.9 Å². The molecule has 2 aliphatic rings. The van der Waals surface area contributed by atoms with Gasteiger partial charge in [-0.05, 0) is 34.6 Å². The Morgan fingerprint density at radius 3 is 2.12 bits per heavy atom. The van der Waals surface area contributed by atoms with Crippen molar-refractivity contribution < 1.29 is 66.9 Å². The molecule has 0 aliphatic carbocycles. The minimum atomic E-state index is -5.02. The number of imidazole rings is 2. The molecule has 6 rings (SSSR count). The number of nitrogens with one attached hydrogen (secondary N) is 2. The Balaban J connectivity index is 1.05. The molecule has 31 heteroatoms. The number of fused-ring (bicyclic) bond motifs is 2. The molecule has 0 bridgehead atoms. The lowest BCUT2D eigenvalue weighted by atomic mass is 10.1. The lowest BCUT2D eigenvalue weighted by Gasteiger charge is -2.22. The second-order valence-electron chi connectivity index (χ2n) is 11.3. The van der Waals surface area contributed by atoms with E-state index in [9.17, 15) is 53.8 Å². The van der Waals surface area contributed by atoms with Gasteiger partial charge in [0.05, 0.1) is 25.6 Å². The van der Waals surface area contributed by atoms with Gasteiger partial charge in [-0.2, -0.15) is 4.98 Å². The molecule has 2 aliphatic heterocycles. The Kier molecular flexibility index (Phi) is 10.9. The molecule has 11 atom stereocenters. The maximum atomic E-state index is 12.8. The van der Waals surface area contributed by atoms with E-state index in [4.69, 9.17) is 32.7 Å². The molecule has 6 heterocycles. The van der Waals surface area contributed by atoms with Crippen LogP contribution in [0.5, 0.6) is 0 Å². The number of nitrogens with zero attached hydrogens (tertiary/aromatic N) is 6. The van der Waals surface area contributed by atoms with Gasteiger partial charge in [-0.15, -0.1) is 0 Å². The van der Waals surface area contributed by atoms with Gasteiger partial charge in [0.25, 0.3) is 17.1 Å². The number of nitrogens with two attached hydrogens (primary N) is 2. The number of aliphatic hydroxyl groups is 4. The summed E-state index contributed by atoms with van der Waals surface area (Å²) in [5.41, 5.74) is 9.81. The summed E-state index contributed by atoms with van der Waals surface area (Å²) >= 11 is 4.86. The van der Waals surface area contributed by atoms with E-state index in [2.05, 4.69) is 33.5 Å². The first-order valence-corrected chi connectivity index (χ1v) is 23.3. The molecule has 0 saturated carbocycles. The zero-order valence-corrected chi connectivity index (χ0v) is 31.1. The molecule has 52 heavy (non-hydrogen) atoms. The van der Waals surface area contributed by atoms with Crippen molar-refractivity contribution in [1.29, 1.82) is 0 Å². The molecule has 286 valence electrons. The van der Waals surface area contributed by atoms with Crippen molar-refractivity contribution in [2.75, 3.05) is 23.0 Å². The highest BCUT2D eigenvalue weighted by atomic mass is 32.7. The number of nitrogen functional groups attached to an aromatic ring is 2. The van der Waals surface area contributed by atoms with Gasteiger partial charge in [-0.3, -0.25) is 28.7 Å². The van der Waals surface area contributed by atoms with Crippen molar-refractivity contribution in [3.8, 4) is 0 Å². The molecule has 0 spiro atoms. The number of H-pyrrole nitrogens is 2. The van der Waals surface area contributed by atoms with Crippen LogP contribution >= 0.6 is 43.1 Å². The number of hydrogen-bond acceptors (Lipinski definition) is 20. The second kappa shape index (κ2) is 14.4. The van der Waals surface area contributed by atoms with Gasteiger partial charge in [0, 0.05) is 11.5 Å². The summed E-state index contributed by atoms with van der Waals surface area (Å²) in [5.74, 6) is -1.60. The lowest BCUT2D eigenvalue weighted by molar-refractivity contribution is -0.745. The number of rotatable bonds is 12. The Labute approximate surface area is 301 Å². The van der Waals surface area contributed by atoms with Crippen LogP contribution in [0, 0.1) is 0 Å². The van der Waals surface area contributed by atoms with E-state index in [1.165, 1.54) is 22.5 Å². The van der Waals surface area contributed by atoms with Gasteiger partial charge in [-0.25, -0.2) is 27.3 Å². The van der Waals surface area contributed by atoms with Gasteiger partial charge in [0.15, 0.2) is 23.7 Å². The number of aromatic nitrogens is 8. The van der Waals surface area contributed by atoms with Crippen LogP contribution in [-0.2, 0) is 46.1 Å². The molecule has 5 unspecified atom stereocenters. The van der Waals surface area contributed by atoms with Crippen LogP contribution in [0.4, 0.5) is 11.9 Å². The lowest BCUT2D eigenvalue weighted by Crippen LogP contribution is -2.46. The maximum Gasteiger partial charge on any atom is 0.393 e. The number of hydrogen-bond donors (Lipinski definition) is 11. The molecule has 2 saturated heterocycles. The fraction of sp³-hybridized carbons (Fsp3) is 0.524. The molecule has 0 radical (unpaired) electrons. The topological polar surface area (TPSA) is 383 Å². The molecule has 13 N–H and O–H groups in total. The van der Waals surface area contributed by atoms with E-state index in [0.29, 0.717) is 0 Å². The standard InChI is InChI=1S/C21H29N10O15P3S3/c1-29-5-31(15-9(29)17(37)28-21(23)26-15)19-13(35)11(33)7(44-19)3-52-48(40,41)46-49(42,50)45-47(38,39)51-2-6-10(32)12(34)18(43-6)30-4-24-8-14(30)25-20(22)27-16(8)36/h4-7,10-13,18-19,32-35H,2-3H2,1H3,(H8-,22,23,25,26,27,28,36,37,38,39,40,41,42,50)/p+1/t6-,7-,10+,11?,12?,13+,18-,19-,49?/m1/s1. The average Bonchev–Trinajstić information content (AvgIpc) is 3.74. The molecular weight excluding hydrogens is 821 g/mol. The van der Waals surface area contributed by atoms with E-state index < -0.39 is 92.0 Å². The number of ether oxygens (including phenoxy) is 2. The minimum Gasteiger partial charge on any atom is -0.387 e. The quantitative estimate of drug-likeness (QED) is 0.0500. The average molecular weight is 852 g/mol. The van der Waals surface area contributed by atoms with Crippen molar-refractivity contribution >= 4 is 89.1 Å². The van der Waals surface area contributed by atoms with E-state index in [1.54, 1.807) is 0 Å². The Morgan fingerprint density at radius 1 is 0.923 bits per heavy atom. The summed E-state index contributed by atoms with van der Waals surface area (Å²) in [6.45, 7) is -15.0. The van der Waals surface area contributed by atoms with E-state index in [1.807, 2.05) is 0 Å². The Morgan fingerprint density at radius 2 is 1.48 bits per heavy atom. The van der Waals surface area contributed by atoms with Gasteiger partial charge in [0.1, 0.15) is 24.4 Å². The highest BCUT2D eigenvalue weighted by Crippen LogP contribution is 2.74. The fourth-order valence-electron chi connectivity index (χ4n) is 5.44. The summed E-state index contributed by atoms with van der Waals surface area (Å²) < 4.78 is 50.0. The third-order valence-electron chi connectivity index (χ3n) is 7.68. The summed E-state index contributed by atoms with van der Waals surface area (Å²) in [6.07, 6.45) is -9.48. The number of anilines is 2. The maximum absolute atomic E-state index is 12.8. The smallest absolute Gasteiger partial charge is 0.387 e. The van der Waals surface area contributed by atoms with Crippen molar-refractivity contribution in [2.24, 2.45) is 7.05 Å². The van der Waals surface area contributed by atoms with E-state index >= 15 is 0 Å². The number of aryl methyl sites for hydroxylation is 1. The van der Waals surface area contributed by atoms with Crippen molar-refractivity contribution in [1.82, 2.24) is 34.1 Å². The molecule has 0 aromatic carbocycles.